The largest absolute Gasteiger partial charge is 0.491 e. The lowest BCUT2D eigenvalue weighted by Crippen LogP contribution is -2.28. The summed E-state index contributed by atoms with van der Waals surface area (Å²) in [5.74, 6) is -0.473. The van der Waals surface area contributed by atoms with Crippen LogP contribution in [0.15, 0.2) is 30.3 Å². The predicted molar refractivity (Wildman–Crippen MR) is 82.0 cm³/mol. The number of para-hydroxylation sites is 1. The van der Waals surface area contributed by atoms with E-state index in [9.17, 15) is 4.79 Å². The fourth-order valence-electron chi connectivity index (χ4n) is 2.20. The lowest BCUT2D eigenvalue weighted by Gasteiger charge is -2.18. The Kier molecular flexibility index (Phi) is 5.11. The van der Waals surface area contributed by atoms with Crippen molar-refractivity contribution in [2.24, 2.45) is 0 Å². The van der Waals surface area contributed by atoms with Crippen molar-refractivity contribution < 1.29 is 14.6 Å². The van der Waals surface area contributed by atoms with Crippen LogP contribution in [0.5, 0.6) is 5.75 Å². The monoisotopic (exact) mass is 288 g/mol. The molecule has 0 aliphatic rings. The van der Waals surface area contributed by atoms with Gasteiger partial charge >= 0.3 is 5.97 Å². The third kappa shape index (κ3) is 3.70. The third-order valence-electron chi connectivity index (χ3n) is 3.46. The van der Waals surface area contributed by atoms with Gasteiger partial charge in [-0.1, -0.05) is 26.0 Å². The molecule has 0 radical (unpaired) electrons. The molecule has 5 heteroatoms. The summed E-state index contributed by atoms with van der Waals surface area (Å²) in [4.78, 5) is 17.5. The molecule has 2 rings (SSSR count). The fraction of sp³-hybridized carbons (Fsp3) is 0.375. The van der Waals surface area contributed by atoms with Gasteiger partial charge in [-0.05, 0) is 25.2 Å². The zero-order valence-corrected chi connectivity index (χ0v) is 12.4. The van der Waals surface area contributed by atoms with Gasteiger partial charge in [0.1, 0.15) is 12.4 Å². The normalized spacial score (nSPS) is 11.0. The fourth-order valence-corrected chi connectivity index (χ4v) is 2.20. The Hall–Kier alpha value is -2.14. The van der Waals surface area contributed by atoms with E-state index in [-0.39, 0.29) is 5.69 Å². The van der Waals surface area contributed by atoms with Crippen LogP contribution in [-0.2, 0) is 0 Å². The molecule has 0 spiro atoms. The standard InChI is InChI=1S/C16H20N2O3/c1-3-18(4-2)9-10-21-15-11-14(16(19)20)17-13-8-6-5-7-12(13)15/h5-8,11H,3-4,9-10H2,1-2H3,(H,19,20). The molecule has 0 amide bonds. The minimum absolute atomic E-state index is 0.00605. The van der Waals surface area contributed by atoms with Gasteiger partial charge in [0.2, 0.25) is 0 Å². The van der Waals surface area contributed by atoms with E-state index in [4.69, 9.17) is 9.84 Å². The Morgan fingerprint density at radius 3 is 2.67 bits per heavy atom. The molecule has 5 nitrogen and oxygen atoms in total. The van der Waals surface area contributed by atoms with Crippen molar-refractivity contribution in [2.45, 2.75) is 13.8 Å². The first-order chi connectivity index (χ1) is 10.2. The number of hydrogen-bond donors (Lipinski definition) is 1. The first-order valence-corrected chi connectivity index (χ1v) is 7.14. The quantitative estimate of drug-likeness (QED) is 0.848. The molecule has 1 aromatic carbocycles. The Morgan fingerprint density at radius 2 is 2.00 bits per heavy atom. The molecule has 21 heavy (non-hydrogen) atoms. The molecule has 0 saturated heterocycles. The van der Waals surface area contributed by atoms with E-state index < -0.39 is 5.97 Å². The number of ether oxygens (including phenoxy) is 1. The Bertz CT molecular complexity index is 624. The number of aromatic nitrogens is 1. The summed E-state index contributed by atoms with van der Waals surface area (Å²) in [7, 11) is 0. The van der Waals surface area contributed by atoms with Crippen molar-refractivity contribution in [2.75, 3.05) is 26.2 Å². The van der Waals surface area contributed by atoms with Gasteiger partial charge in [-0.3, -0.25) is 0 Å². The number of fused-ring (bicyclic) bond motifs is 1. The highest BCUT2D eigenvalue weighted by Crippen LogP contribution is 2.25. The molecule has 0 bridgehead atoms. The van der Waals surface area contributed by atoms with Gasteiger partial charge in [-0.15, -0.1) is 0 Å². The summed E-state index contributed by atoms with van der Waals surface area (Å²) in [5.41, 5.74) is 0.641. The highest BCUT2D eigenvalue weighted by molar-refractivity contribution is 5.93. The Labute approximate surface area is 124 Å². The number of carboxylic acid groups (broad SMARTS) is 1. The molecule has 0 saturated carbocycles. The topological polar surface area (TPSA) is 62.7 Å². The zero-order valence-electron chi connectivity index (χ0n) is 12.4. The molecule has 0 fully saturated rings. The van der Waals surface area contributed by atoms with Crippen molar-refractivity contribution in [3.8, 4) is 5.75 Å². The van der Waals surface area contributed by atoms with E-state index in [1.165, 1.54) is 6.07 Å². The van der Waals surface area contributed by atoms with Crippen LogP contribution in [0, 0.1) is 0 Å². The average Bonchev–Trinajstić information content (AvgIpc) is 2.51. The van der Waals surface area contributed by atoms with Crippen LogP contribution in [0.25, 0.3) is 10.9 Å². The van der Waals surface area contributed by atoms with Gasteiger partial charge in [0.05, 0.1) is 5.52 Å². The number of rotatable bonds is 7. The third-order valence-corrected chi connectivity index (χ3v) is 3.46. The molecular formula is C16H20N2O3. The van der Waals surface area contributed by atoms with Gasteiger partial charge in [-0.25, -0.2) is 9.78 Å². The molecule has 1 N–H and O–H groups in total. The van der Waals surface area contributed by atoms with Gasteiger partial charge in [-0.2, -0.15) is 0 Å². The van der Waals surface area contributed by atoms with E-state index in [0.717, 1.165) is 25.0 Å². The number of benzene rings is 1. The van der Waals surface area contributed by atoms with Crippen LogP contribution in [0.4, 0.5) is 0 Å². The Balaban J connectivity index is 2.23. The molecule has 1 heterocycles. The second-order valence-electron chi connectivity index (χ2n) is 4.70. The van der Waals surface area contributed by atoms with E-state index >= 15 is 0 Å². The summed E-state index contributed by atoms with van der Waals surface area (Å²) in [6.07, 6.45) is 0. The molecule has 0 aliphatic heterocycles. The van der Waals surface area contributed by atoms with Crippen LogP contribution in [-0.4, -0.2) is 47.2 Å². The maximum Gasteiger partial charge on any atom is 0.354 e. The predicted octanol–water partition coefficient (Wildman–Crippen LogP) is 2.65. The van der Waals surface area contributed by atoms with Crippen LogP contribution < -0.4 is 4.74 Å². The van der Waals surface area contributed by atoms with Crippen molar-refractivity contribution in [3.05, 3.63) is 36.0 Å². The van der Waals surface area contributed by atoms with Crippen LogP contribution >= 0.6 is 0 Å². The second-order valence-corrected chi connectivity index (χ2v) is 4.70. The second kappa shape index (κ2) is 7.04. The molecule has 0 atom stereocenters. The summed E-state index contributed by atoms with van der Waals surface area (Å²) in [5, 5.41) is 9.97. The number of aromatic carboxylic acids is 1. The summed E-state index contributed by atoms with van der Waals surface area (Å²) in [6, 6.07) is 8.90. The molecule has 2 aromatic rings. The van der Waals surface area contributed by atoms with E-state index in [0.29, 0.717) is 17.9 Å². The van der Waals surface area contributed by atoms with Crippen molar-refractivity contribution in [3.63, 3.8) is 0 Å². The van der Waals surface area contributed by atoms with E-state index in [1.54, 1.807) is 6.07 Å². The summed E-state index contributed by atoms with van der Waals surface area (Å²) >= 11 is 0. The van der Waals surface area contributed by atoms with Gasteiger partial charge in [0.15, 0.2) is 5.69 Å². The number of nitrogens with zero attached hydrogens (tertiary/aromatic N) is 2. The van der Waals surface area contributed by atoms with Crippen molar-refractivity contribution in [1.82, 2.24) is 9.88 Å². The number of carbonyl (C=O) groups is 1. The number of carboxylic acids is 1. The lowest BCUT2D eigenvalue weighted by atomic mass is 10.2. The summed E-state index contributed by atoms with van der Waals surface area (Å²) in [6.45, 7) is 7.48. The van der Waals surface area contributed by atoms with Gasteiger partial charge in [0.25, 0.3) is 0 Å². The van der Waals surface area contributed by atoms with Gasteiger partial charge in [0, 0.05) is 18.0 Å². The molecule has 0 aliphatic carbocycles. The SMILES string of the molecule is CCN(CC)CCOc1cc(C(=O)O)nc2ccccc12. The minimum Gasteiger partial charge on any atom is -0.491 e. The smallest absolute Gasteiger partial charge is 0.354 e. The maximum atomic E-state index is 11.1. The first kappa shape index (κ1) is 15.3. The highest BCUT2D eigenvalue weighted by atomic mass is 16.5. The molecule has 0 unspecified atom stereocenters. The molecular weight excluding hydrogens is 268 g/mol. The molecule has 112 valence electrons. The number of pyridine rings is 1. The highest BCUT2D eigenvalue weighted by Gasteiger charge is 2.11. The number of likely N-dealkylation sites (N-methyl/N-ethyl adjacent to an activating group) is 1. The van der Waals surface area contributed by atoms with Crippen LogP contribution in [0.1, 0.15) is 24.3 Å². The zero-order chi connectivity index (χ0) is 15.2. The number of hydrogen-bond acceptors (Lipinski definition) is 4. The Morgan fingerprint density at radius 1 is 1.29 bits per heavy atom. The van der Waals surface area contributed by atoms with Crippen molar-refractivity contribution >= 4 is 16.9 Å². The lowest BCUT2D eigenvalue weighted by molar-refractivity contribution is 0.0690. The van der Waals surface area contributed by atoms with E-state index in [2.05, 4.69) is 23.7 Å². The summed E-state index contributed by atoms with van der Waals surface area (Å²) < 4.78 is 5.80. The van der Waals surface area contributed by atoms with Crippen LogP contribution in [0.3, 0.4) is 0 Å². The molecule has 1 aromatic heterocycles. The maximum absolute atomic E-state index is 11.1. The first-order valence-electron chi connectivity index (χ1n) is 7.14. The minimum atomic E-state index is -1.05. The van der Waals surface area contributed by atoms with Gasteiger partial charge < -0.3 is 14.7 Å². The van der Waals surface area contributed by atoms with Crippen LogP contribution in [0.2, 0.25) is 0 Å². The van der Waals surface area contributed by atoms with E-state index in [1.807, 2.05) is 18.2 Å². The van der Waals surface area contributed by atoms with Crippen molar-refractivity contribution in [1.29, 1.82) is 0 Å². The average molecular weight is 288 g/mol.